The Kier molecular flexibility index (Phi) is 7.45. The van der Waals surface area contributed by atoms with Gasteiger partial charge >= 0.3 is 5.97 Å². The van der Waals surface area contributed by atoms with Gasteiger partial charge < -0.3 is 19.8 Å². The summed E-state index contributed by atoms with van der Waals surface area (Å²) in [4.78, 5) is 29.2. The number of nitrogens with zero attached hydrogens (tertiary/aromatic N) is 1. The Hall–Kier alpha value is -2.38. The van der Waals surface area contributed by atoms with Crippen LogP contribution in [0.5, 0.6) is 0 Å². The molecule has 1 saturated heterocycles. The maximum Gasteiger partial charge on any atom is 0.305 e. The summed E-state index contributed by atoms with van der Waals surface area (Å²) < 4.78 is 10.3. The fourth-order valence-corrected chi connectivity index (χ4v) is 3.42. The van der Waals surface area contributed by atoms with Crippen LogP contribution in [0.4, 0.5) is 5.69 Å². The number of esters is 1. The van der Waals surface area contributed by atoms with Gasteiger partial charge in [-0.2, -0.15) is 0 Å². The van der Waals surface area contributed by atoms with Crippen LogP contribution in [0.1, 0.15) is 31.7 Å². The van der Waals surface area contributed by atoms with Crippen molar-refractivity contribution in [2.75, 3.05) is 44.8 Å². The zero-order valence-corrected chi connectivity index (χ0v) is 16.5. The minimum absolute atomic E-state index is 0.0888. The van der Waals surface area contributed by atoms with E-state index < -0.39 is 0 Å². The van der Waals surface area contributed by atoms with E-state index in [1.807, 2.05) is 18.2 Å². The highest BCUT2D eigenvalue weighted by molar-refractivity contribution is 5.94. The molecule has 7 heteroatoms. The Morgan fingerprint density at radius 3 is 2.86 bits per heavy atom. The highest BCUT2D eigenvalue weighted by Crippen LogP contribution is 2.23. The summed E-state index contributed by atoms with van der Waals surface area (Å²) in [5.74, 6) is -0.344. The monoisotopic (exact) mass is 387 g/mol. The first-order valence-corrected chi connectivity index (χ1v) is 10.0. The molecule has 7 nitrogen and oxygen atoms in total. The second kappa shape index (κ2) is 10.2. The molecule has 1 amide bonds. The maximum atomic E-state index is 12.2. The number of amides is 1. The van der Waals surface area contributed by atoms with E-state index in [1.165, 1.54) is 5.56 Å². The predicted molar refractivity (Wildman–Crippen MR) is 108 cm³/mol. The van der Waals surface area contributed by atoms with Crippen molar-refractivity contribution in [3.63, 3.8) is 0 Å². The number of carbonyl (C=O) groups is 2. The van der Waals surface area contributed by atoms with Crippen LogP contribution in [0, 0.1) is 0 Å². The van der Waals surface area contributed by atoms with Gasteiger partial charge in [-0.3, -0.25) is 14.5 Å². The lowest BCUT2D eigenvalue weighted by atomic mass is 10.1. The van der Waals surface area contributed by atoms with E-state index in [-0.39, 0.29) is 18.3 Å². The summed E-state index contributed by atoms with van der Waals surface area (Å²) in [5, 5.41) is 4.07. The third-order valence-electron chi connectivity index (χ3n) is 4.94. The van der Waals surface area contributed by atoms with Gasteiger partial charge in [0.25, 0.3) is 0 Å². The fourth-order valence-electron chi connectivity index (χ4n) is 3.42. The van der Waals surface area contributed by atoms with Crippen molar-refractivity contribution in [1.82, 2.24) is 9.88 Å². The first-order valence-electron chi connectivity index (χ1n) is 10.0. The molecule has 2 aromatic rings. The third-order valence-corrected chi connectivity index (χ3v) is 4.94. The average molecular weight is 387 g/mol. The molecule has 1 aliphatic rings. The Labute approximate surface area is 165 Å². The SMILES string of the molecule is CCOC(=O)CCCC(=O)Nc1ccc2[nH]cc(CCN3CCOCC3)c2c1. The molecule has 0 atom stereocenters. The van der Waals surface area contributed by atoms with Gasteiger partial charge in [0.1, 0.15) is 0 Å². The quantitative estimate of drug-likeness (QED) is 0.647. The third kappa shape index (κ3) is 5.81. The van der Waals surface area contributed by atoms with Crippen molar-refractivity contribution < 1.29 is 19.1 Å². The minimum Gasteiger partial charge on any atom is -0.466 e. The number of anilines is 1. The summed E-state index contributed by atoms with van der Waals surface area (Å²) in [6.45, 7) is 6.72. The summed E-state index contributed by atoms with van der Waals surface area (Å²) in [6, 6.07) is 5.90. The van der Waals surface area contributed by atoms with E-state index in [1.54, 1.807) is 6.92 Å². The van der Waals surface area contributed by atoms with Crippen LogP contribution in [0.3, 0.4) is 0 Å². The van der Waals surface area contributed by atoms with Crippen molar-refractivity contribution in [3.8, 4) is 0 Å². The lowest BCUT2D eigenvalue weighted by Crippen LogP contribution is -2.37. The van der Waals surface area contributed by atoms with Gasteiger partial charge in [-0.15, -0.1) is 0 Å². The molecule has 1 aromatic heterocycles. The number of aromatic nitrogens is 1. The summed E-state index contributed by atoms with van der Waals surface area (Å²) in [5.41, 5.74) is 3.10. The normalized spacial score (nSPS) is 14.9. The molecule has 152 valence electrons. The van der Waals surface area contributed by atoms with Gasteiger partial charge in [-0.05, 0) is 43.5 Å². The fraction of sp³-hybridized carbons (Fsp3) is 0.524. The van der Waals surface area contributed by atoms with Crippen LogP contribution in [0.2, 0.25) is 0 Å². The Morgan fingerprint density at radius 1 is 1.25 bits per heavy atom. The van der Waals surface area contributed by atoms with Gasteiger partial charge in [0.05, 0.1) is 19.8 Å². The van der Waals surface area contributed by atoms with Gasteiger partial charge in [0.15, 0.2) is 0 Å². The molecule has 0 unspecified atom stereocenters. The molecule has 2 N–H and O–H groups in total. The van der Waals surface area contributed by atoms with Crippen LogP contribution >= 0.6 is 0 Å². The zero-order chi connectivity index (χ0) is 19.8. The van der Waals surface area contributed by atoms with Crippen molar-refractivity contribution in [2.24, 2.45) is 0 Å². The van der Waals surface area contributed by atoms with Crippen LogP contribution in [0.15, 0.2) is 24.4 Å². The van der Waals surface area contributed by atoms with Gasteiger partial charge in [0, 0.05) is 55.3 Å². The molecule has 3 rings (SSSR count). The van der Waals surface area contributed by atoms with E-state index in [0.717, 1.165) is 55.9 Å². The highest BCUT2D eigenvalue weighted by Gasteiger charge is 2.12. The molecule has 1 aromatic carbocycles. The molecule has 0 aliphatic carbocycles. The number of benzene rings is 1. The largest absolute Gasteiger partial charge is 0.466 e. The Morgan fingerprint density at radius 2 is 2.07 bits per heavy atom. The maximum absolute atomic E-state index is 12.2. The van der Waals surface area contributed by atoms with Crippen LogP contribution in [-0.4, -0.2) is 61.2 Å². The Balaban J connectivity index is 1.53. The van der Waals surface area contributed by atoms with Gasteiger partial charge in [-0.25, -0.2) is 0 Å². The number of H-pyrrole nitrogens is 1. The smallest absolute Gasteiger partial charge is 0.305 e. The number of fused-ring (bicyclic) bond motifs is 1. The molecule has 0 saturated carbocycles. The molecule has 0 bridgehead atoms. The number of nitrogens with one attached hydrogen (secondary N) is 2. The number of ether oxygens (including phenoxy) is 2. The highest BCUT2D eigenvalue weighted by atomic mass is 16.5. The molecule has 28 heavy (non-hydrogen) atoms. The number of rotatable bonds is 9. The lowest BCUT2D eigenvalue weighted by Gasteiger charge is -2.26. The summed E-state index contributed by atoms with van der Waals surface area (Å²) >= 11 is 0. The Bertz CT molecular complexity index is 796. The van der Waals surface area contributed by atoms with E-state index >= 15 is 0 Å². The number of hydrogen-bond donors (Lipinski definition) is 2. The molecular formula is C21H29N3O4. The first kappa shape index (κ1) is 20.4. The van der Waals surface area contributed by atoms with E-state index in [4.69, 9.17) is 9.47 Å². The van der Waals surface area contributed by atoms with Crippen LogP contribution < -0.4 is 5.32 Å². The number of hydrogen-bond acceptors (Lipinski definition) is 5. The van der Waals surface area contributed by atoms with Crippen molar-refractivity contribution in [1.29, 1.82) is 0 Å². The van der Waals surface area contributed by atoms with E-state index in [0.29, 0.717) is 19.4 Å². The number of morpholine rings is 1. The van der Waals surface area contributed by atoms with Crippen molar-refractivity contribution in [2.45, 2.75) is 32.6 Å². The van der Waals surface area contributed by atoms with Gasteiger partial charge in [-0.1, -0.05) is 0 Å². The molecule has 0 spiro atoms. The van der Waals surface area contributed by atoms with E-state index in [2.05, 4.69) is 21.4 Å². The van der Waals surface area contributed by atoms with Crippen molar-refractivity contribution in [3.05, 3.63) is 30.0 Å². The molecule has 1 fully saturated rings. The van der Waals surface area contributed by atoms with Crippen LogP contribution in [-0.2, 0) is 25.5 Å². The predicted octanol–water partition coefficient (Wildman–Crippen LogP) is 2.71. The summed E-state index contributed by atoms with van der Waals surface area (Å²) in [7, 11) is 0. The summed E-state index contributed by atoms with van der Waals surface area (Å²) in [6.07, 6.45) is 4.06. The standard InChI is InChI=1S/C21H29N3O4/c1-2-28-21(26)5-3-4-20(25)23-17-6-7-19-18(14-17)16(15-22-19)8-9-24-10-12-27-13-11-24/h6-7,14-15,22H,2-5,8-13H2,1H3,(H,23,25). The number of carbonyl (C=O) groups excluding carboxylic acids is 2. The zero-order valence-electron chi connectivity index (χ0n) is 16.5. The molecule has 2 heterocycles. The van der Waals surface area contributed by atoms with E-state index in [9.17, 15) is 9.59 Å². The number of aromatic amines is 1. The molecule has 1 aliphatic heterocycles. The first-order chi connectivity index (χ1) is 13.7. The second-order valence-corrected chi connectivity index (χ2v) is 6.99. The van der Waals surface area contributed by atoms with Gasteiger partial charge in [0.2, 0.25) is 5.91 Å². The minimum atomic E-state index is -0.256. The second-order valence-electron chi connectivity index (χ2n) is 6.99. The van der Waals surface area contributed by atoms with Crippen molar-refractivity contribution >= 4 is 28.5 Å². The molecular weight excluding hydrogens is 358 g/mol. The lowest BCUT2D eigenvalue weighted by molar-refractivity contribution is -0.143. The van der Waals surface area contributed by atoms with Crippen LogP contribution in [0.25, 0.3) is 10.9 Å². The topological polar surface area (TPSA) is 83.7 Å². The average Bonchev–Trinajstić information content (AvgIpc) is 3.09. The molecule has 0 radical (unpaired) electrons.